The molecule has 11 nitrogen and oxygen atoms in total. The van der Waals surface area contributed by atoms with Crippen LogP contribution in [0.4, 0.5) is 13.2 Å². The molecule has 228 valence electrons. The smallest absolute Gasteiger partial charge is 0.476 e. The van der Waals surface area contributed by atoms with E-state index in [1.807, 2.05) is 4.98 Å². The molecule has 3 aromatic carbocycles. The van der Waals surface area contributed by atoms with E-state index >= 15 is 0 Å². The van der Waals surface area contributed by atoms with Gasteiger partial charge in [-0.15, -0.1) is 13.2 Å². The number of aromatic nitrogens is 3. The molecule has 0 bridgehead atoms. The maximum Gasteiger partial charge on any atom is 0.573 e. The summed E-state index contributed by atoms with van der Waals surface area (Å²) in [7, 11) is 0. The SMILES string of the molecule is Cc1cc(CN2CCc3cc(Oc4c(Cl)cc(-n5nc(C(=O)O)c(=O)[nH]c5=O)cc4Cl)ccc3C2=O)cc(OC(F)(F)F)c1. The Kier molecular flexibility index (Phi) is 8.14. The van der Waals surface area contributed by atoms with Gasteiger partial charge in [0.25, 0.3) is 11.5 Å². The number of carbonyl (C=O) groups excluding carboxylic acids is 1. The normalized spacial score (nSPS) is 13.0. The molecule has 16 heteroatoms. The summed E-state index contributed by atoms with van der Waals surface area (Å²) in [6.07, 6.45) is -4.42. The third kappa shape index (κ3) is 6.55. The number of aryl methyl sites for hydroxylation is 1. The lowest BCUT2D eigenvalue weighted by Gasteiger charge is -2.29. The van der Waals surface area contributed by atoms with Crippen LogP contribution in [0.1, 0.15) is 37.5 Å². The molecular weight excluding hydrogens is 632 g/mol. The molecule has 4 aromatic rings. The molecule has 0 saturated carbocycles. The number of ether oxygens (including phenoxy) is 2. The van der Waals surface area contributed by atoms with Gasteiger partial charge in [-0.05, 0) is 72.5 Å². The van der Waals surface area contributed by atoms with Gasteiger partial charge in [0.15, 0.2) is 5.75 Å². The van der Waals surface area contributed by atoms with Crippen molar-refractivity contribution in [2.45, 2.75) is 26.3 Å². The lowest BCUT2D eigenvalue weighted by atomic mass is 9.98. The Morgan fingerprint density at radius 1 is 1.05 bits per heavy atom. The predicted octanol–water partition coefficient (Wildman–Crippen LogP) is 5.12. The minimum absolute atomic E-state index is 0.00643. The van der Waals surface area contributed by atoms with Gasteiger partial charge in [0.1, 0.15) is 11.5 Å². The first-order valence-corrected chi connectivity index (χ1v) is 13.4. The van der Waals surface area contributed by atoms with Gasteiger partial charge < -0.3 is 19.5 Å². The number of halogens is 5. The Morgan fingerprint density at radius 3 is 2.41 bits per heavy atom. The molecule has 1 amide bonds. The minimum atomic E-state index is -4.84. The van der Waals surface area contributed by atoms with E-state index in [1.54, 1.807) is 25.1 Å². The number of aromatic carboxylic acids is 1. The van der Waals surface area contributed by atoms with Crippen LogP contribution in [0, 0.1) is 6.92 Å². The molecule has 2 heterocycles. The third-order valence-electron chi connectivity index (χ3n) is 6.44. The Bertz CT molecular complexity index is 1920. The molecular formula is C28H19Cl2F3N4O7. The van der Waals surface area contributed by atoms with Gasteiger partial charge in [-0.25, -0.2) is 9.59 Å². The number of amides is 1. The number of H-pyrrole nitrogens is 1. The summed E-state index contributed by atoms with van der Waals surface area (Å²) in [5, 5.41) is 12.6. The Hall–Kier alpha value is -4.82. The molecule has 0 radical (unpaired) electrons. The molecule has 0 aliphatic carbocycles. The zero-order valence-corrected chi connectivity index (χ0v) is 23.9. The van der Waals surface area contributed by atoms with Crippen molar-refractivity contribution in [1.29, 1.82) is 0 Å². The van der Waals surface area contributed by atoms with Crippen molar-refractivity contribution in [3.8, 4) is 22.9 Å². The average Bonchev–Trinajstić information content (AvgIpc) is 2.91. The first kappa shape index (κ1) is 30.6. The third-order valence-corrected chi connectivity index (χ3v) is 7.00. The fraction of sp³-hybridized carbons (Fsp3) is 0.179. The molecule has 1 aliphatic rings. The second-order valence-corrected chi connectivity index (χ2v) is 10.5. The second-order valence-electron chi connectivity index (χ2n) is 9.66. The number of nitrogens with zero attached hydrogens (tertiary/aromatic N) is 3. The van der Waals surface area contributed by atoms with Crippen LogP contribution in [0.3, 0.4) is 0 Å². The maximum atomic E-state index is 13.2. The van der Waals surface area contributed by atoms with Gasteiger partial charge in [-0.2, -0.15) is 9.78 Å². The van der Waals surface area contributed by atoms with E-state index in [0.29, 0.717) is 33.4 Å². The molecule has 1 aliphatic heterocycles. The molecule has 0 atom stereocenters. The number of benzene rings is 3. The van der Waals surface area contributed by atoms with E-state index < -0.39 is 29.3 Å². The summed E-state index contributed by atoms with van der Waals surface area (Å²) in [5.74, 6) is -2.06. The highest BCUT2D eigenvalue weighted by atomic mass is 35.5. The predicted molar refractivity (Wildman–Crippen MR) is 150 cm³/mol. The number of aromatic amines is 1. The van der Waals surface area contributed by atoms with Crippen molar-refractivity contribution >= 4 is 35.1 Å². The van der Waals surface area contributed by atoms with Crippen molar-refractivity contribution in [3.63, 3.8) is 0 Å². The van der Waals surface area contributed by atoms with Gasteiger partial charge in [0.2, 0.25) is 5.69 Å². The Balaban J connectivity index is 1.35. The van der Waals surface area contributed by atoms with Crippen LogP contribution < -0.4 is 20.7 Å². The van der Waals surface area contributed by atoms with E-state index in [0.717, 1.165) is 0 Å². The van der Waals surface area contributed by atoms with Crippen LogP contribution in [0.5, 0.6) is 17.2 Å². The van der Waals surface area contributed by atoms with E-state index in [2.05, 4.69) is 9.84 Å². The Morgan fingerprint density at radius 2 is 1.75 bits per heavy atom. The van der Waals surface area contributed by atoms with Gasteiger partial charge in [-0.1, -0.05) is 29.3 Å². The fourth-order valence-electron chi connectivity index (χ4n) is 4.66. The number of alkyl halides is 3. The maximum absolute atomic E-state index is 13.2. The molecule has 0 saturated heterocycles. The molecule has 1 aromatic heterocycles. The van der Waals surface area contributed by atoms with Crippen molar-refractivity contribution in [1.82, 2.24) is 19.7 Å². The van der Waals surface area contributed by atoms with Crippen LogP contribution in [0.25, 0.3) is 5.69 Å². The molecule has 0 fully saturated rings. The van der Waals surface area contributed by atoms with E-state index in [9.17, 15) is 32.3 Å². The lowest BCUT2D eigenvalue weighted by Crippen LogP contribution is -2.37. The summed E-state index contributed by atoms with van der Waals surface area (Å²) in [6, 6.07) is 11.3. The lowest BCUT2D eigenvalue weighted by molar-refractivity contribution is -0.274. The first-order chi connectivity index (χ1) is 20.7. The number of hydrogen-bond donors (Lipinski definition) is 2. The highest BCUT2D eigenvalue weighted by Gasteiger charge is 2.31. The number of fused-ring (bicyclic) bond motifs is 1. The molecule has 0 unspecified atom stereocenters. The molecule has 44 heavy (non-hydrogen) atoms. The van der Waals surface area contributed by atoms with E-state index in [4.69, 9.17) is 33.0 Å². The number of carboxylic acids is 1. The van der Waals surface area contributed by atoms with Gasteiger partial charge in [0, 0.05) is 18.7 Å². The average molecular weight is 651 g/mol. The molecule has 5 rings (SSSR count). The van der Waals surface area contributed by atoms with Crippen LogP contribution in [-0.2, 0) is 13.0 Å². The number of carbonyl (C=O) groups is 2. The van der Waals surface area contributed by atoms with Crippen molar-refractivity contribution in [2.24, 2.45) is 0 Å². The van der Waals surface area contributed by atoms with Gasteiger partial charge in [0.05, 0.1) is 15.7 Å². The highest BCUT2D eigenvalue weighted by Crippen LogP contribution is 2.39. The second kappa shape index (κ2) is 11.7. The van der Waals surface area contributed by atoms with Crippen LogP contribution in [0.2, 0.25) is 10.0 Å². The van der Waals surface area contributed by atoms with E-state index in [-0.39, 0.29) is 52.0 Å². The van der Waals surface area contributed by atoms with Gasteiger partial charge >= 0.3 is 18.0 Å². The molecule has 2 N–H and O–H groups in total. The van der Waals surface area contributed by atoms with Crippen molar-refractivity contribution in [2.75, 3.05) is 6.54 Å². The van der Waals surface area contributed by atoms with Crippen LogP contribution in [-0.4, -0.2) is 49.6 Å². The van der Waals surface area contributed by atoms with E-state index in [1.165, 1.54) is 35.2 Å². The first-order valence-electron chi connectivity index (χ1n) is 12.6. The van der Waals surface area contributed by atoms with Crippen molar-refractivity contribution < 1.29 is 37.3 Å². The largest absolute Gasteiger partial charge is 0.573 e. The summed E-state index contributed by atoms with van der Waals surface area (Å²) >= 11 is 12.7. The topological polar surface area (TPSA) is 144 Å². The summed E-state index contributed by atoms with van der Waals surface area (Å²) in [5.41, 5.74) is -1.10. The fourth-order valence-corrected chi connectivity index (χ4v) is 5.21. The number of carboxylic acid groups (broad SMARTS) is 1. The van der Waals surface area contributed by atoms with Gasteiger partial charge in [-0.3, -0.25) is 14.6 Å². The van der Waals surface area contributed by atoms with Crippen molar-refractivity contribution in [3.05, 3.63) is 107 Å². The quantitative estimate of drug-likeness (QED) is 0.280. The number of hydrogen-bond acceptors (Lipinski definition) is 7. The number of nitrogens with one attached hydrogen (secondary N) is 1. The monoisotopic (exact) mass is 650 g/mol. The molecule has 0 spiro atoms. The van der Waals surface area contributed by atoms with Crippen LogP contribution >= 0.6 is 23.2 Å². The standard InChI is InChI=1S/C28H19Cl2F3N4O7/c1-13-6-14(8-18(7-13)44-28(31,32)33)12-36-5-4-15-9-17(2-3-19(15)25(36)39)43-23-20(29)10-16(11-21(23)30)37-27(42)34-24(38)22(35-37)26(40)41/h2-3,6-11H,4-5,12H2,1H3,(H,40,41)(H,34,38,42). The van der Waals surface area contributed by atoms with Crippen LogP contribution in [0.15, 0.2) is 58.1 Å². The summed E-state index contributed by atoms with van der Waals surface area (Å²) in [4.78, 5) is 51.8. The zero-order valence-electron chi connectivity index (χ0n) is 22.4. The number of rotatable bonds is 7. The highest BCUT2D eigenvalue weighted by molar-refractivity contribution is 6.37. The Labute approximate surface area is 255 Å². The minimum Gasteiger partial charge on any atom is -0.476 e. The summed E-state index contributed by atoms with van der Waals surface area (Å²) < 4.78 is 48.6. The zero-order chi connectivity index (χ0) is 31.9. The summed E-state index contributed by atoms with van der Waals surface area (Å²) in [6.45, 7) is 1.99.